The van der Waals surface area contributed by atoms with Crippen LogP contribution in [-0.2, 0) is 35.8 Å². The summed E-state index contributed by atoms with van der Waals surface area (Å²) in [5.74, 6) is 0. The molecule has 0 atom stereocenters. The SMILES string of the molecule is [H-].[Li+].[Ni].[O]=[Ni]. The van der Waals surface area contributed by atoms with E-state index in [9.17, 15) is 0 Å². The first-order chi connectivity index (χ1) is 1.00. The topological polar surface area (TPSA) is 17.1 Å². The summed E-state index contributed by atoms with van der Waals surface area (Å²) in [6, 6.07) is 0. The van der Waals surface area contributed by atoms with Gasteiger partial charge in [0.15, 0.2) is 0 Å². The monoisotopic (exact) mass is 140 g/mol. The van der Waals surface area contributed by atoms with Gasteiger partial charge in [-0.05, 0) is 0 Å². The third kappa shape index (κ3) is 10.0. The van der Waals surface area contributed by atoms with Gasteiger partial charge in [-0.3, -0.25) is 0 Å². The number of hydrogen-bond donors (Lipinski definition) is 0. The summed E-state index contributed by atoms with van der Waals surface area (Å²) in [5, 5.41) is 0. The van der Waals surface area contributed by atoms with Gasteiger partial charge in [0.25, 0.3) is 0 Å². The molecule has 0 aromatic heterocycles. The van der Waals surface area contributed by atoms with E-state index in [1.54, 1.807) is 0 Å². The fraction of sp³-hybridized carbons (Fsp3) is 0. The third-order valence-corrected chi connectivity index (χ3v) is 0. The van der Waals surface area contributed by atoms with Crippen LogP contribution in [0.15, 0.2) is 0 Å². The predicted octanol–water partition coefficient (Wildman–Crippen LogP) is -3.01. The van der Waals surface area contributed by atoms with Crippen molar-refractivity contribution < 1.29 is 56.1 Å². The molecule has 0 rings (SSSR count). The van der Waals surface area contributed by atoms with E-state index in [-0.39, 0.29) is 36.8 Å². The fourth-order valence-corrected chi connectivity index (χ4v) is 0. The molecular formula is HLiNi2O. The molecule has 0 saturated carbocycles. The van der Waals surface area contributed by atoms with E-state index < -0.39 is 0 Å². The molecule has 1 nitrogen and oxygen atoms in total. The average Bonchev–Trinajstić information content (AvgIpc) is 1.00. The Morgan fingerprint density at radius 3 is 1.50 bits per heavy atom. The van der Waals surface area contributed by atoms with Gasteiger partial charge in [-0.15, -0.1) is 0 Å². The Hall–Kier alpha value is 1.38. The molecule has 0 N–H and O–H groups in total. The van der Waals surface area contributed by atoms with Crippen molar-refractivity contribution in [1.82, 2.24) is 0 Å². The van der Waals surface area contributed by atoms with E-state index >= 15 is 0 Å². The molecule has 0 amide bonds. The van der Waals surface area contributed by atoms with Gasteiger partial charge in [-0.2, -0.15) is 0 Å². The molecule has 0 fully saturated rings. The summed E-state index contributed by atoms with van der Waals surface area (Å²) in [6.45, 7) is 0. The van der Waals surface area contributed by atoms with Crippen LogP contribution in [0.3, 0.4) is 0 Å². The van der Waals surface area contributed by atoms with Crippen molar-refractivity contribution in [2.75, 3.05) is 0 Å². The van der Waals surface area contributed by atoms with E-state index in [0.29, 0.717) is 0 Å². The van der Waals surface area contributed by atoms with Gasteiger partial charge in [0, 0.05) is 16.5 Å². The molecular weight excluding hydrogens is 140 g/mol. The van der Waals surface area contributed by atoms with Crippen LogP contribution in [0.2, 0.25) is 0 Å². The summed E-state index contributed by atoms with van der Waals surface area (Å²) < 4.78 is 7.88. The minimum atomic E-state index is 0. The van der Waals surface area contributed by atoms with Crippen molar-refractivity contribution in [2.45, 2.75) is 0 Å². The quantitative estimate of drug-likeness (QED) is 0.329. The normalized spacial score (nSPS) is 1.50. The van der Waals surface area contributed by atoms with Crippen molar-refractivity contribution >= 4 is 0 Å². The van der Waals surface area contributed by atoms with E-state index in [2.05, 4.69) is 15.4 Å². The van der Waals surface area contributed by atoms with Crippen molar-refractivity contribution in [2.24, 2.45) is 0 Å². The Morgan fingerprint density at radius 1 is 1.50 bits per heavy atom. The van der Waals surface area contributed by atoms with Gasteiger partial charge in [0.05, 0.1) is 0 Å². The van der Waals surface area contributed by atoms with Crippen LogP contribution >= 0.6 is 0 Å². The average molecular weight is 141 g/mol. The summed E-state index contributed by atoms with van der Waals surface area (Å²) in [5.41, 5.74) is 0. The first-order valence-electron chi connectivity index (χ1n) is 0.129. The molecule has 0 unspecified atom stereocenters. The van der Waals surface area contributed by atoms with Crippen LogP contribution in [0.25, 0.3) is 0 Å². The van der Waals surface area contributed by atoms with E-state index in [1.807, 2.05) is 0 Å². The maximum absolute atomic E-state index is 7.88. The van der Waals surface area contributed by atoms with Crippen LogP contribution in [0.1, 0.15) is 1.43 Å². The Morgan fingerprint density at radius 2 is 1.50 bits per heavy atom. The number of hydrogen-bond acceptors (Lipinski definition) is 1. The molecule has 4 heteroatoms. The van der Waals surface area contributed by atoms with Crippen LogP contribution in [-0.4, -0.2) is 0 Å². The van der Waals surface area contributed by atoms with Gasteiger partial charge in [0.1, 0.15) is 0 Å². The molecule has 0 bridgehead atoms. The van der Waals surface area contributed by atoms with Gasteiger partial charge in [-0.1, -0.05) is 0 Å². The summed E-state index contributed by atoms with van der Waals surface area (Å²) in [6.07, 6.45) is 0. The molecule has 0 aliphatic rings. The van der Waals surface area contributed by atoms with Gasteiger partial charge < -0.3 is 1.43 Å². The van der Waals surface area contributed by atoms with Crippen molar-refractivity contribution in [3.8, 4) is 0 Å². The minimum absolute atomic E-state index is 0. The molecule has 0 saturated heterocycles. The predicted molar refractivity (Wildman–Crippen MR) is 1.80 cm³/mol. The van der Waals surface area contributed by atoms with Crippen LogP contribution in [0, 0.1) is 0 Å². The molecule has 0 aromatic rings. The first kappa shape index (κ1) is 18.2. The third-order valence-electron chi connectivity index (χ3n) is 0. The van der Waals surface area contributed by atoms with Gasteiger partial charge in [0.2, 0.25) is 0 Å². The Kier molecular flexibility index (Phi) is 119. The van der Waals surface area contributed by atoms with Crippen molar-refractivity contribution in [3.63, 3.8) is 0 Å². The molecule has 0 aliphatic heterocycles. The molecule has 0 aromatic carbocycles. The molecule has 28 valence electrons. The Balaban J connectivity index is -0.00000000167. The van der Waals surface area contributed by atoms with E-state index in [4.69, 9.17) is 3.90 Å². The molecule has 4 heavy (non-hydrogen) atoms. The summed E-state index contributed by atoms with van der Waals surface area (Å²) in [4.78, 5) is 0. The maximum atomic E-state index is 7.88. The van der Waals surface area contributed by atoms with Crippen LogP contribution in [0.4, 0.5) is 0 Å². The number of rotatable bonds is 0. The summed E-state index contributed by atoms with van der Waals surface area (Å²) in [7, 11) is 0. The van der Waals surface area contributed by atoms with Gasteiger partial charge in [-0.25, -0.2) is 0 Å². The van der Waals surface area contributed by atoms with Crippen LogP contribution < -0.4 is 18.9 Å². The standard InChI is InChI=1S/Li.2Ni.O.H/q+1;;;;-1. The zero-order valence-corrected chi connectivity index (χ0v) is 4.02. The Bertz CT molecular complexity index is 9.61. The second-order valence-electron chi connectivity index (χ2n) is 0. The molecule has 0 aliphatic carbocycles. The van der Waals surface area contributed by atoms with Gasteiger partial charge >= 0.3 is 38.1 Å². The first-order valence-corrected chi connectivity index (χ1v) is 0.532. The Labute approximate surface area is 56.0 Å². The molecule has 0 spiro atoms. The summed E-state index contributed by atoms with van der Waals surface area (Å²) >= 11 is 2.62. The van der Waals surface area contributed by atoms with Crippen LogP contribution in [0.5, 0.6) is 0 Å². The second kappa shape index (κ2) is 26.2. The van der Waals surface area contributed by atoms with E-state index in [1.165, 1.54) is 0 Å². The fourth-order valence-electron chi connectivity index (χ4n) is 0. The van der Waals surface area contributed by atoms with Crippen molar-refractivity contribution in [1.29, 1.82) is 0 Å². The van der Waals surface area contributed by atoms with E-state index in [0.717, 1.165) is 0 Å². The second-order valence-corrected chi connectivity index (χ2v) is 0. The zero-order chi connectivity index (χ0) is 2.00. The molecule has 0 radical (unpaired) electrons. The zero-order valence-electron chi connectivity index (χ0n) is 3.04. The van der Waals surface area contributed by atoms with Crippen molar-refractivity contribution in [3.05, 3.63) is 0 Å². The molecule has 0 heterocycles.